The Kier molecular flexibility index (Phi) is 13.0. The SMILES string of the molecule is CCCCCCCC[Si](O[Si](c1ccccc1)(c1ccccc1)c1ccccc1)(O[Si](c1ccccc1)(c1ccccc1)c1ccccc1)c1ccccc1. The van der Waals surface area contributed by atoms with Crippen LogP contribution in [-0.2, 0) is 8.23 Å². The summed E-state index contributed by atoms with van der Waals surface area (Å²) in [7, 11) is -10.0. The van der Waals surface area contributed by atoms with Gasteiger partial charge in [-0.05, 0) is 42.4 Å². The predicted molar refractivity (Wildman–Crippen MR) is 240 cm³/mol. The fraction of sp³-hybridized carbons (Fsp3) is 0.160. The topological polar surface area (TPSA) is 18.5 Å². The molecule has 0 atom stereocenters. The Labute approximate surface area is 332 Å². The summed E-state index contributed by atoms with van der Waals surface area (Å²) in [4.78, 5) is 0. The second kappa shape index (κ2) is 18.6. The van der Waals surface area contributed by atoms with E-state index in [2.05, 4.69) is 219 Å². The van der Waals surface area contributed by atoms with Gasteiger partial charge in [0.15, 0.2) is 0 Å². The van der Waals surface area contributed by atoms with E-state index in [9.17, 15) is 0 Å². The average molecular weight is 769 g/mol. The van der Waals surface area contributed by atoms with Crippen LogP contribution in [0.1, 0.15) is 45.4 Å². The van der Waals surface area contributed by atoms with E-state index in [-0.39, 0.29) is 0 Å². The van der Waals surface area contributed by atoms with Crippen molar-refractivity contribution in [2.75, 3.05) is 0 Å². The number of rotatable bonds is 18. The summed E-state index contributed by atoms with van der Waals surface area (Å²) in [5, 5.41) is 8.51. The van der Waals surface area contributed by atoms with Crippen molar-refractivity contribution < 1.29 is 8.23 Å². The average Bonchev–Trinajstić information content (AvgIpc) is 3.28. The van der Waals surface area contributed by atoms with Crippen LogP contribution in [0.2, 0.25) is 6.04 Å². The van der Waals surface area contributed by atoms with Crippen LogP contribution in [-0.4, -0.2) is 25.2 Å². The molecule has 0 aliphatic heterocycles. The van der Waals surface area contributed by atoms with Crippen LogP contribution in [0.5, 0.6) is 0 Å². The van der Waals surface area contributed by atoms with E-state index in [4.69, 9.17) is 8.23 Å². The Hall–Kier alpha value is -4.89. The standard InChI is InChI=1S/C50H52O2Si3/c1-2-3-4-5-6-28-43-53(44-29-14-7-15-30-44,51-54(45-31-16-8-17-32-45,46-33-18-9-19-34-46)47-35-20-10-21-36-47)52-55(48-37-22-11-23-38-48,49-39-24-12-25-40-49)50-41-26-13-27-42-50/h7-27,29-42H,2-6,28,43H2,1H3. The zero-order valence-electron chi connectivity index (χ0n) is 32.0. The number of benzene rings is 7. The third kappa shape index (κ3) is 8.37. The maximum atomic E-state index is 8.61. The minimum absolute atomic E-state index is 0.839. The van der Waals surface area contributed by atoms with Crippen molar-refractivity contribution in [2.24, 2.45) is 0 Å². The summed E-state index contributed by atoms with van der Waals surface area (Å²) in [6, 6.07) is 78.1. The highest BCUT2D eigenvalue weighted by Gasteiger charge is 2.57. The van der Waals surface area contributed by atoms with Crippen LogP contribution in [0.4, 0.5) is 0 Å². The molecule has 5 heteroatoms. The normalized spacial score (nSPS) is 12.0. The molecule has 0 aliphatic carbocycles. The Morgan fingerprint density at radius 3 is 0.800 bits per heavy atom. The minimum Gasteiger partial charge on any atom is -0.422 e. The first kappa shape index (κ1) is 38.4. The van der Waals surface area contributed by atoms with Gasteiger partial charge >= 0.3 is 8.56 Å². The maximum absolute atomic E-state index is 8.61. The molecule has 0 N–H and O–H groups in total. The van der Waals surface area contributed by atoms with Crippen LogP contribution in [0.3, 0.4) is 0 Å². The molecule has 7 aromatic carbocycles. The van der Waals surface area contributed by atoms with Crippen molar-refractivity contribution in [3.8, 4) is 0 Å². The molecule has 55 heavy (non-hydrogen) atoms. The van der Waals surface area contributed by atoms with E-state index in [1.165, 1.54) is 62.0 Å². The molecule has 0 bridgehead atoms. The van der Waals surface area contributed by atoms with E-state index in [0.717, 1.165) is 18.9 Å². The van der Waals surface area contributed by atoms with Gasteiger partial charge < -0.3 is 8.23 Å². The largest absolute Gasteiger partial charge is 0.422 e. The first-order valence-corrected chi connectivity index (χ1v) is 25.8. The first-order chi connectivity index (χ1) is 27.2. The molecule has 0 aromatic heterocycles. The van der Waals surface area contributed by atoms with Crippen molar-refractivity contribution in [3.05, 3.63) is 212 Å². The summed E-state index contributed by atoms with van der Waals surface area (Å²) in [5.74, 6) is 0. The van der Waals surface area contributed by atoms with Crippen molar-refractivity contribution in [1.82, 2.24) is 0 Å². The fourth-order valence-electron chi connectivity index (χ4n) is 8.10. The van der Waals surface area contributed by atoms with Gasteiger partial charge in [0.2, 0.25) is 0 Å². The summed E-state index contributed by atoms with van der Waals surface area (Å²) in [6.45, 7) is 2.29. The second-order valence-electron chi connectivity index (χ2n) is 14.4. The van der Waals surface area contributed by atoms with Crippen molar-refractivity contribution in [2.45, 2.75) is 51.5 Å². The van der Waals surface area contributed by atoms with E-state index < -0.39 is 25.2 Å². The van der Waals surface area contributed by atoms with Crippen LogP contribution >= 0.6 is 0 Å². The third-order valence-corrected chi connectivity index (χ3v) is 25.0. The Morgan fingerprint density at radius 2 is 0.527 bits per heavy atom. The molecule has 0 heterocycles. The van der Waals surface area contributed by atoms with E-state index >= 15 is 0 Å². The van der Waals surface area contributed by atoms with Crippen molar-refractivity contribution in [3.63, 3.8) is 0 Å². The monoisotopic (exact) mass is 768 g/mol. The molecular formula is C50H52O2Si3. The first-order valence-electron chi connectivity index (χ1n) is 20.0. The molecule has 0 saturated heterocycles. The van der Waals surface area contributed by atoms with Crippen molar-refractivity contribution >= 4 is 61.5 Å². The Morgan fingerprint density at radius 1 is 0.291 bits per heavy atom. The minimum atomic E-state index is -3.48. The highest BCUT2D eigenvalue weighted by Crippen LogP contribution is 2.29. The number of hydrogen-bond acceptors (Lipinski definition) is 2. The number of unbranched alkanes of at least 4 members (excludes halogenated alkanes) is 5. The molecule has 7 rings (SSSR count). The maximum Gasteiger partial charge on any atom is 0.353 e. The quantitative estimate of drug-likeness (QED) is 0.0500. The lowest BCUT2D eigenvalue weighted by molar-refractivity contribution is 0.404. The summed E-state index contributed by atoms with van der Waals surface area (Å²) in [5.41, 5.74) is 0. The summed E-state index contributed by atoms with van der Waals surface area (Å²) >= 11 is 0. The highest BCUT2D eigenvalue weighted by molar-refractivity contribution is 7.15. The number of hydrogen-bond donors (Lipinski definition) is 0. The molecule has 0 radical (unpaired) electrons. The van der Waals surface area contributed by atoms with Crippen molar-refractivity contribution in [1.29, 1.82) is 0 Å². The predicted octanol–water partition coefficient (Wildman–Crippen LogP) is 8.06. The molecule has 0 saturated carbocycles. The van der Waals surface area contributed by atoms with Gasteiger partial charge in [0, 0.05) is 0 Å². The van der Waals surface area contributed by atoms with Gasteiger partial charge in [0.25, 0.3) is 16.6 Å². The van der Waals surface area contributed by atoms with Crippen LogP contribution in [0.25, 0.3) is 0 Å². The molecule has 2 nitrogen and oxygen atoms in total. The van der Waals surface area contributed by atoms with Gasteiger partial charge in [0.05, 0.1) is 0 Å². The summed E-state index contributed by atoms with van der Waals surface area (Å²) in [6.07, 6.45) is 7.13. The van der Waals surface area contributed by atoms with Crippen LogP contribution in [0.15, 0.2) is 212 Å². The molecular weight excluding hydrogens is 717 g/mol. The van der Waals surface area contributed by atoms with Gasteiger partial charge in [-0.1, -0.05) is 258 Å². The molecule has 0 fully saturated rings. The fourth-order valence-corrected chi connectivity index (χ4v) is 24.9. The molecule has 0 unspecified atom stereocenters. The third-order valence-electron chi connectivity index (χ3n) is 10.8. The highest BCUT2D eigenvalue weighted by atomic mass is 28.5. The van der Waals surface area contributed by atoms with Crippen LogP contribution < -0.4 is 36.3 Å². The van der Waals surface area contributed by atoms with Gasteiger partial charge in [-0.3, -0.25) is 0 Å². The summed E-state index contributed by atoms with van der Waals surface area (Å²) < 4.78 is 17.2. The Balaban J connectivity index is 1.56. The van der Waals surface area contributed by atoms with E-state index in [1.807, 2.05) is 0 Å². The molecule has 0 amide bonds. The second-order valence-corrected chi connectivity index (χ2v) is 24.8. The lowest BCUT2D eigenvalue weighted by Gasteiger charge is -2.47. The van der Waals surface area contributed by atoms with E-state index in [1.54, 1.807) is 0 Å². The Bertz CT molecular complexity index is 1810. The van der Waals surface area contributed by atoms with Crippen LogP contribution in [0, 0.1) is 0 Å². The van der Waals surface area contributed by atoms with Gasteiger partial charge in [-0.15, -0.1) is 0 Å². The molecule has 0 spiro atoms. The molecule has 7 aromatic rings. The van der Waals surface area contributed by atoms with Gasteiger partial charge in [-0.2, -0.15) is 0 Å². The lowest BCUT2D eigenvalue weighted by atomic mass is 10.1. The zero-order chi connectivity index (χ0) is 37.7. The zero-order valence-corrected chi connectivity index (χ0v) is 35.0. The van der Waals surface area contributed by atoms with E-state index in [0.29, 0.717) is 0 Å². The lowest BCUT2D eigenvalue weighted by Crippen LogP contribution is -2.80. The van der Waals surface area contributed by atoms with Gasteiger partial charge in [-0.25, -0.2) is 0 Å². The van der Waals surface area contributed by atoms with Gasteiger partial charge in [0.1, 0.15) is 0 Å². The molecule has 276 valence electrons. The smallest absolute Gasteiger partial charge is 0.353 e. The molecule has 0 aliphatic rings.